The van der Waals surface area contributed by atoms with Crippen LogP contribution in [0.15, 0.2) is 0 Å². The molecule has 0 aromatic rings. The standard InChI is InChI=1S/C16H22O/c1-4-13(17)8-16-7-12-5-14(2,10-16)9-15(3,6-12)11-16/h1,12H,5-11H2,2-3H3. The minimum atomic E-state index is 0.0270. The van der Waals surface area contributed by atoms with Gasteiger partial charge in [0, 0.05) is 6.42 Å². The minimum Gasteiger partial charge on any atom is -0.285 e. The van der Waals surface area contributed by atoms with Gasteiger partial charge in [-0.25, -0.2) is 0 Å². The van der Waals surface area contributed by atoms with E-state index in [1.54, 1.807) is 0 Å². The van der Waals surface area contributed by atoms with Crippen molar-refractivity contribution in [3.63, 3.8) is 0 Å². The highest BCUT2D eigenvalue weighted by Crippen LogP contribution is 2.70. The lowest BCUT2D eigenvalue weighted by atomic mass is 9.40. The highest BCUT2D eigenvalue weighted by Gasteiger charge is 2.60. The Morgan fingerprint density at radius 2 is 1.76 bits per heavy atom. The van der Waals surface area contributed by atoms with Gasteiger partial charge in [0.1, 0.15) is 0 Å². The zero-order chi connectivity index (χ0) is 12.3. The van der Waals surface area contributed by atoms with E-state index in [1.165, 1.54) is 38.5 Å². The summed E-state index contributed by atoms with van der Waals surface area (Å²) in [6.45, 7) is 4.87. The zero-order valence-electron chi connectivity index (χ0n) is 11.0. The van der Waals surface area contributed by atoms with Gasteiger partial charge in [0.2, 0.25) is 5.78 Å². The SMILES string of the molecule is C#CC(=O)CC12CC3CC(C)(CC(C)(C3)C1)C2. The van der Waals surface area contributed by atoms with Gasteiger partial charge in [0.05, 0.1) is 0 Å². The van der Waals surface area contributed by atoms with E-state index in [4.69, 9.17) is 6.42 Å². The topological polar surface area (TPSA) is 17.1 Å². The third-order valence-electron chi connectivity index (χ3n) is 5.44. The van der Waals surface area contributed by atoms with E-state index in [0.29, 0.717) is 17.3 Å². The Morgan fingerprint density at radius 1 is 1.18 bits per heavy atom. The van der Waals surface area contributed by atoms with E-state index < -0.39 is 0 Å². The Morgan fingerprint density at radius 3 is 2.24 bits per heavy atom. The van der Waals surface area contributed by atoms with Gasteiger partial charge in [-0.3, -0.25) is 4.79 Å². The summed E-state index contributed by atoms with van der Waals surface area (Å²) in [6.07, 6.45) is 13.8. The van der Waals surface area contributed by atoms with Crippen LogP contribution in [0.5, 0.6) is 0 Å². The van der Waals surface area contributed by atoms with Crippen LogP contribution in [0, 0.1) is 34.5 Å². The molecular formula is C16H22O. The summed E-state index contributed by atoms with van der Waals surface area (Å²) in [5.74, 6) is 3.21. The molecule has 1 nitrogen and oxygen atoms in total. The Balaban J connectivity index is 1.92. The van der Waals surface area contributed by atoms with Crippen LogP contribution in [0.2, 0.25) is 0 Å². The summed E-state index contributed by atoms with van der Waals surface area (Å²) in [4.78, 5) is 11.7. The maximum absolute atomic E-state index is 11.7. The van der Waals surface area contributed by atoms with Crippen molar-refractivity contribution in [1.82, 2.24) is 0 Å². The second-order valence-corrected chi connectivity index (χ2v) is 7.87. The van der Waals surface area contributed by atoms with Crippen molar-refractivity contribution >= 4 is 5.78 Å². The molecule has 0 saturated heterocycles. The van der Waals surface area contributed by atoms with Crippen molar-refractivity contribution in [3.05, 3.63) is 0 Å². The number of ketones is 1. The molecule has 17 heavy (non-hydrogen) atoms. The fraction of sp³-hybridized carbons (Fsp3) is 0.812. The number of rotatable bonds is 2. The van der Waals surface area contributed by atoms with Crippen molar-refractivity contribution < 1.29 is 4.79 Å². The van der Waals surface area contributed by atoms with Crippen LogP contribution in [-0.4, -0.2) is 5.78 Å². The van der Waals surface area contributed by atoms with Gasteiger partial charge < -0.3 is 0 Å². The number of terminal acetylenes is 1. The predicted octanol–water partition coefficient (Wildman–Crippen LogP) is 3.58. The summed E-state index contributed by atoms with van der Waals surface area (Å²) in [5, 5.41) is 0. The highest BCUT2D eigenvalue weighted by atomic mass is 16.1. The first-order valence-corrected chi connectivity index (χ1v) is 6.86. The number of carbonyl (C=O) groups excluding carboxylic acids is 1. The normalized spacial score (nSPS) is 51.2. The minimum absolute atomic E-state index is 0.0270. The largest absolute Gasteiger partial charge is 0.285 e. The predicted molar refractivity (Wildman–Crippen MR) is 68.3 cm³/mol. The first kappa shape index (κ1) is 11.3. The lowest BCUT2D eigenvalue weighted by Gasteiger charge is -2.65. The fourth-order valence-electron chi connectivity index (χ4n) is 6.27. The van der Waals surface area contributed by atoms with Gasteiger partial charge >= 0.3 is 0 Å². The van der Waals surface area contributed by atoms with E-state index in [9.17, 15) is 4.79 Å². The van der Waals surface area contributed by atoms with Crippen LogP contribution in [0.25, 0.3) is 0 Å². The van der Waals surface area contributed by atoms with Crippen molar-refractivity contribution in [3.8, 4) is 12.3 Å². The number of hydrogen-bond donors (Lipinski definition) is 0. The molecule has 2 unspecified atom stereocenters. The van der Waals surface area contributed by atoms with Crippen LogP contribution < -0.4 is 0 Å². The second kappa shape index (κ2) is 3.16. The molecule has 0 aromatic carbocycles. The molecule has 0 aliphatic heterocycles. The molecule has 1 heteroatoms. The molecular weight excluding hydrogens is 208 g/mol. The third-order valence-corrected chi connectivity index (χ3v) is 5.44. The molecule has 0 heterocycles. The molecule has 4 aliphatic carbocycles. The van der Waals surface area contributed by atoms with Crippen LogP contribution in [-0.2, 0) is 4.79 Å². The Labute approximate surface area is 104 Å². The molecule has 4 bridgehead atoms. The first-order chi connectivity index (χ1) is 7.86. The summed E-state index contributed by atoms with van der Waals surface area (Å²) >= 11 is 0. The van der Waals surface area contributed by atoms with E-state index in [2.05, 4.69) is 19.8 Å². The molecule has 2 atom stereocenters. The van der Waals surface area contributed by atoms with E-state index in [1.807, 2.05) is 0 Å². The molecule has 0 amide bonds. The van der Waals surface area contributed by atoms with Gasteiger partial charge in [-0.2, -0.15) is 0 Å². The molecule has 4 rings (SSSR count). The van der Waals surface area contributed by atoms with Crippen LogP contribution >= 0.6 is 0 Å². The molecule has 92 valence electrons. The highest BCUT2D eigenvalue weighted by molar-refractivity contribution is 5.95. The first-order valence-electron chi connectivity index (χ1n) is 6.86. The quantitative estimate of drug-likeness (QED) is 0.523. The zero-order valence-corrected chi connectivity index (χ0v) is 11.0. The van der Waals surface area contributed by atoms with Crippen LogP contribution in [0.1, 0.15) is 58.8 Å². The van der Waals surface area contributed by atoms with Gasteiger partial charge in [-0.15, -0.1) is 6.42 Å². The second-order valence-electron chi connectivity index (χ2n) is 7.87. The molecule has 4 aliphatic rings. The number of hydrogen-bond acceptors (Lipinski definition) is 1. The molecule has 0 radical (unpaired) electrons. The summed E-state index contributed by atoms with van der Waals surface area (Å²) in [7, 11) is 0. The lowest BCUT2D eigenvalue weighted by molar-refractivity contribution is -0.152. The monoisotopic (exact) mass is 230 g/mol. The Bertz CT molecular complexity index is 396. The van der Waals surface area contributed by atoms with E-state index in [0.717, 1.165) is 5.92 Å². The molecule has 0 aromatic heterocycles. The Hall–Kier alpha value is -0.770. The van der Waals surface area contributed by atoms with Crippen LogP contribution in [0.4, 0.5) is 0 Å². The average Bonchev–Trinajstić information content (AvgIpc) is 2.10. The van der Waals surface area contributed by atoms with Crippen molar-refractivity contribution in [2.24, 2.45) is 22.2 Å². The van der Waals surface area contributed by atoms with E-state index >= 15 is 0 Å². The third kappa shape index (κ3) is 1.73. The van der Waals surface area contributed by atoms with Crippen molar-refractivity contribution in [2.45, 2.75) is 58.8 Å². The van der Waals surface area contributed by atoms with E-state index in [-0.39, 0.29) is 11.2 Å². The number of carbonyl (C=O) groups is 1. The van der Waals surface area contributed by atoms with Gasteiger partial charge in [0.15, 0.2) is 0 Å². The summed E-state index contributed by atoms with van der Waals surface area (Å²) < 4.78 is 0. The average molecular weight is 230 g/mol. The molecule has 0 N–H and O–H groups in total. The van der Waals surface area contributed by atoms with Gasteiger partial charge in [-0.1, -0.05) is 13.8 Å². The Kier molecular flexibility index (Phi) is 2.11. The maximum Gasteiger partial charge on any atom is 0.205 e. The summed E-state index contributed by atoms with van der Waals surface area (Å²) in [6, 6.07) is 0. The summed E-state index contributed by atoms with van der Waals surface area (Å²) in [5.41, 5.74) is 1.23. The van der Waals surface area contributed by atoms with Crippen molar-refractivity contribution in [1.29, 1.82) is 0 Å². The maximum atomic E-state index is 11.7. The molecule has 4 saturated carbocycles. The fourth-order valence-corrected chi connectivity index (χ4v) is 6.27. The number of Topliss-reactive ketones (excluding diaryl/α,β-unsaturated/α-hetero) is 1. The van der Waals surface area contributed by atoms with Gasteiger partial charge in [-0.05, 0) is 66.6 Å². The van der Waals surface area contributed by atoms with Gasteiger partial charge in [0.25, 0.3) is 0 Å². The van der Waals surface area contributed by atoms with Crippen molar-refractivity contribution in [2.75, 3.05) is 0 Å². The smallest absolute Gasteiger partial charge is 0.205 e. The van der Waals surface area contributed by atoms with Crippen LogP contribution in [0.3, 0.4) is 0 Å². The molecule has 0 spiro atoms. The lowest BCUT2D eigenvalue weighted by Crippen LogP contribution is -2.55. The molecule has 4 fully saturated rings.